The lowest BCUT2D eigenvalue weighted by atomic mass is 10.2. The van der Waals surface area contributed by atoms with Gasteiger partial charge in [0.05, 0.1) is 10.6 Å². The van der Waals surface area contributed by atoms with Gasteiger partial charge in [-0.3, -0.25) is 10.1 Å². The maximum absolute atomic E-state index is 12.7. The lowest BCUT2D eigenvalue weighted by molar-refractivity contribution is -0.113. The number of rotatable bonds is 2. The van der Waals surface area contributed by atoms with Crippen LogP contribution < -0.4 is 5.32 Å². The number of aryl methyl sites for hydroxylation is 2. The number of aliphatic hydroxyl groups is 1. The van der Waals surface area contributed by atoms with E-state index in [2.05, 4.69) is 10.3 Å². The number of nitrogens with one attached hydrogen (secondary N) is 1. The topological polar surface area (TPSA) is 70.4 Å². The number of carbonyl (C=O) groups excluding carboxylic acids is 1. The van der Waals surface area contributed by atoms with E-state index in [4.69, 9.17) is 0 Å². The maximum atomic E-state index is 12.7. The second-order valence-corrected chi connectivity index (χ2v) is 7.78. The Kier molecular flexibility index (Phi) is 3.73. The van der Waals surface area contributed by atoms with E-state index in [9.17, 15) is 9.90 Å². The highest BCUT2D eigenvalue weighted by atomic mass is 32.2. The van der Waals surface area contributed by atoms with Crippen LogP contribution >= 0.6 is 23.3 Å². The van der Waals surface area contributed by atoms with Crippen LogP contribution in [0, 0.1) is 6.92 Å². The predicted molar refractivity (Wildman–Crippen MR) is 102 cm³/mol. The molecule has 3 heterocycles. The summed E-state index contributed by atoms with van der Waals surface area (Å²) in [4.78, 5) is 17.9. The fraction of sp³-hybridized carbons (Fsp3) is 0.176. The zero-order valence-corrected chi connectivity index (χ0v) is 15.5. The Bertz CT molecular complexity index is 1030. The first-order chi connectivity index (χ1) is 12.0. The summed E-state index contributed by atoms with van der Waals surface area (Å²) in [6, 6.07) is 7.95. The third-order valence-electron chi connectivity index (χ3n) is 4.11. The number of hydrogen-bond donors (Lipinski definition) is 2. The van der Waals surface area contributed by atoms with Gasteiger partial charge < -0.3 is 14.0 Å². The molecular weight excluding hydrogens is 356 g/mol. The Morgan fingerprint density at radius 1 is 1.28 bits per heavy atom. The molecule has 1 aromatic carbocycles. The van der Waals surface area contributed by atoms with Gasteiger partial charge in [0.2, 0.25) is 0 Å². The van der Waals surface area contributed by atoms with E-state index in [1.807, 2.05) is 48.2 Å². The fourth-order valence-corrected chi connectivity index (χ4v) is 4.79. The van der Waals surface area contributed by atoms with Gasteiger partial charge in [0, 0.05) is 30.4 Å². The van der Waals surface area contributed by atoms with E-state index in [1.54, 1.807) is 11.4 Å². The number of nitrogens with zero attached hydrogens (tertiary/aromatic N) is 3. The molecule has 0 unspecified atom stereocenters. The summed E-state index contributed by atoms with van der Waals surface area (Å²) in [5.74, 6) is -0.404. The van der Waals surface area contributed by atoms with Crippen molar-refractivity contribution in [2.24, 2.45) is 7.05 Å². The summed E-state index contributed by atoms with van der Waals surface area (Å²) in [6.07, 6.45) is 0. The lowest BCUT2D eigenvalue weighted by Crippen LogP contribution is -2.27. The molecule has 8 heteroatoms. The Morgan fingerprint density at radius 2 is 2.04 bits per heavy atom. The smallest absolute Gasteiger partial charge is 0.278 e. The van der Waals surface area contributed by atoms with Crippen molar-refractivity contribution < 1.29 is 9.90 Å². The SMILES string of the molecule is Cc1csc(NC(=O)C2=C(O)c3c(c4ccccc4n3C)SN2C)n1. The van der Waals surface area contributed by atoms with Crippen molar-refractivity contribution >= 4 is 51.0 Å². The van der Waals surface area contributed by atoms with E-state index >= 15 is 0 Å². The monoisotopic (exact) mass is 372 g/mol. The summed E-state index contributed by atoms with van der Waals surface area (Å²) >= 11 is 2.79. The molecule has 0 spiro atoms. The van der Waals surface area contributed by atoms with Crippen molar-refractivity contribution in [3.63, 3.8) is 0 Å². The molecule has 4 rings (SSSR count). The highest BCUT2D eigenvalue weighted by Crippen LogP contribution is 2.44. The van der Waals surface area contributed by atoms with Crippen LogP contribution in [0.5, 0.6) is 0 Å². The number of aromatic nitrogens is 2. The van der Waals surface area contributed by atoms with Gasteiger partial charge in [-0.05, 0) is 24.9 Å². The van der Waals surface area contributed by atoms with Gasteiger partial charge in [0.15, 0.2) is 16.6 Å². The maximum Gasteiger partial charge on any atom is 0.278 e. The standard InChI is InChI=1S/C17H16N4O2S2/c1-9-8-24-17(18-9)19-16(23)13-14(22)12-15(25-21(13)3)10-6-4-5-7-11(10)20(12)2/h4-8,22H,1-3H3,(H,18,19,23). The number of likely N-dealkylation sites (N-methyl/N-ethyl adjacent to an activating group) is 1. The van der Waals surface area contributed by atoms with E-state index < -0.39 is 0 Å². The molecule has 0 aliphatic carbocycles. The van der Waals surface area contributed by atoms with Crippen molar-refractivity contribution in [2.75, 3.05) is 12.4 Å². The van der Waals surface area contributed by atoms with Crippen LogP contribution in [0.3, 0.4) is 0 Å². The number of para-hydroxylation sites is 1. The summed E-state index contributed by atoms with van der Waals surface area (Å²) < 4.78 is 3.61. The molecule has 0 saturated carbocycles. The van der Waals surface area contributed by atoms with Crippen LogP contribution in [0.4, 0.5) is 5.13 Å². The highest BCUT2D eigenvalue weighted by Gasteiger charge is 2.33. The van der Waals surface area contributed by atoms with Crippen molar-refractivity contribution in [3.8, 4) is 0 Å². The molecule has 1 aliphatic heterocycles. The summed E-state index contributed by atoms with van der Waals surface area (Å²) in [5, 5.41) is 17.1. The van der Waals surface area contributed by atoms with E-state index in [0.29, 0.717) is 10.8 Å². The quantitative estimate of drug-likeness (QED) is 0.670. The number of thiazole rings is 1. The zero-order chi connectivity index (χ0) is 17.7. The van der Waals surface area contributed by atoms with Gasteiger partial charge in [-0.1, -0.05) is 18.2 Å². The summed E-state index contributed by atoms with van der Waals surface area (Å²) in [7, 11) is 3.66. The molecule has 0 atom stereocenters. The van der Waals surface area contributed by atoms with Gasteiger partial charge in [-0.15, -0.1) is 11.3 Å². The second kappa shape index (κ2) is 5.82. The minimum Gasteiger partial charge on any atom is -0.504 e. The molecule has 0 saturated heterocycles. The van der Waals surface area contributed by atoms with Crippen LogP contribution in [-0.4, -0.2) is 31.9 Å². The number of benzene rings is 1. The Hall–Kier alpha value is -2.45. The van der Waals surface area contributed by atoms with Crippen molar-refractivity contribution in [1.29, 1.82) is 0 Å². The van der Waals surface area contributed by atoms with Crippen molar-refractivity contribution in [2.45, 2.75) is 11.8 Å². The first-order valence-corrected chi connectivity index (χ1v) is 9.29. The molecule has 2 N–H and O–H groups in total. The average Bonchev–Trinajstić information content (AvgIpc) is 3.10. The molecule has 1 aliphatic rings. The molecule has 0 bridgehead atoms. The average molecular weight is 372 g/mol. The third-order valence-corrected chi connectivity index (χ3v) is 6.03. The van der Waals surface area contributed by atoms with Crippen molar-refractivity contribution in [1.82, 2.24) is 13.9 Å². The Balaban J connectivity index is 1.81. The minimum atomic E-state index is -0.377. The predicted octanol–water partition coefficient (Wildman–Crippen LogP) is 3.76. The third kappa shape index (κ3) is 2.49. The van der Waals surface area contributed by atoms with E-state index in [-0.39, 0.29) is 17.4 Å². The van der Waals surface area contributed by atoms with E-state index in [1.165, 1.54) is 23.3 Å². The van der Waals surface area contributed by atoms with Crippen LogP contribution in [-0.2, 0) is 11.8 Å². The van der Waals surface area contributed by atoms with Gasteiger partial charge >= 0.3 is 0 Å². The van der Waals surface area contributed by atoms with Crippen LogP contribution in [0.1, 0.15) is 11.4 Å². The molecule has 25 heavy (non-hydrogen) atoms. The normalized spacial score (nSPS) is 14.1. The highest BCUT2D eigenvalue weighted by molar-refractivity contribution is 7.97. The van der Waals surface area contributed by atoms with Crippen LogP contribution in [0.25, 0.3) is 16.7 Å². The van der Waals surface area contributed by atoms with Gasteiger partial charge in [0.1, 0.15) is 5.69 Å². The largest absolute Gasteiger partial charge is 0.504 e. The Labute approximate surface area is 152 Å². The molecule has 3 aromatic rings. The summed E-state index contributed by atoms with van der Waals surface area (Å²) in [6.45, 7) is 1.87. The number of amides is 1. The lowest BCUT2D eigenvalue weighted by Gasteiger charge is -2.26. The van der Waals surface area contributed by atoms with Crippen LogP contribution in [0.15, 0.2) is 40.2 Å². The number of fused-ring (bicyclic) bond motifs is 3. The Morgan fingerprint density at radius 3 is 2.76 bits per heavy atom. The van der Waals surface area contributed by atoms with Crippen LogP contribution in [0.2, 0.25) is 0 Å². The zero-order valence-electron chi connectivity index (χ0n) is 13.9. The first kappa shape index (κ1) is 16.0. The summed E-state index contributed by atoms with van der Waals surface area (Å²) in [5.41, 5.74) is 2.74. The number of anilines is 1. The molecule has 0 radical (unpaired) electrons. The fourth-order valence-electron chi connectivity index (χ4n) is 2.98. The van der Waals surface area contributed by atoms with Crippen molar-refractivity contribution in [3.05, 3.63) is 46.7 Å². The molecular formula is C17H16N4O2S2. The number of hydrogen-bond acceptors (Lipinski definition) is 6. The molecule has 0 fully saturated rings. The molecule has 128 valence electrons. The molecule has 2 aromatic heterocycles. The number of carbonyl (C=O) groups is 1. The van der Waals surface area contributed by atoms with Gasteiger partial charge in [-0.2, -0.15) is 0 Å². The van der Waals surface area contributed by atoms with E-state index in [0.717, 1.165) is 21.5 Å². The molecule has 1 amide bonds. The minimum absolute atomic E-state index is 0.0271. The van der Waals surface area contributed by atoms with Gasteiger partial charge in [0.25, 0.3) is 5.91 Å². The molecule has 6 nitrogen and oxygen atoms in total. The van der Waals surface area contributed by atoms with Gasteiger partial charge in [-0.25, -0.2) is 4.98 Å². The first-order valence-electron chi connectivity index (χ1n) is 7.63. The number of aliphatic hydroxyl groups excluding tert-OH is 1. The second-order valence-electron chi connectivity index (χ2n) is 5.79.